The summed E-state index contributed by atoms with van der Waals surface area (Å²) in [6.07, 6.45) is 7.01. The molecule has 0 saturated heterocycles. The summed E-state index contributed by atoms with van der Waals surface area (Å²) in [5, 5.41) is 0. The summed E-state index contributed by atoms with van der Waals surface area (Å²) in [6, 6.07) is 0. The second-order valence-electron chi connectivity index (χ2n) is 5.58. The third-order valence-electron chi connectivity index (χ3n) is 4.04. The van der Waals surface area contributed by atoms with E-state index in [-0.39, 0.29) is 6.10 Å². The van der Waals surface area contributed by atoms with E-state index in [1.807, 2.05) is 0 Å². The van der Waals surface area contributed by atoms with Crippen LogP contribution in [0.25, 0.3) is 0 Å². The van der Waals surface area contributed by atoms with Gasteiger partial charge in [-0.15, -0.1) is 0 Å². The van der Waals surface area contributed by atoms with Crippen molar-refractivity contribution in [2.45, 2.75) is 71.8 Å². The molecule has 1 fully saturated rings. The minimum atomic E-state index is -0.761. The first kappa shape index (κ1) is 17.0. The molecular weight excluding hydrogens is 256 g/mol. The van der Waals surface area contributed by atoms with E-state index in [4.69, 9.17) is 9.47 Å². The van der Waals surface area contributed by atoms with Gasteiger partial charge in [0.2, 0.25) is 0 Å². The van der Waals surface area contributed by atoms with Crippen LogP contribution in [-0.2, 0) is 19.1 Å². The molecule has 0 bridgehead atoms. The largest absolute Gasteiger partial charge is 0.465 e. The molecule has 0 radical (unpaired) electrons. The summed E-state index contributed by atoms with van der Waals surface area (Å²) in [4.78, 5) is 23.7. The molecule has 1 aliphatic rings. The molecule has 0 aromatic rings. The summed E-state index contributed by atoms with van der Waals surface area (Å²) in [7, 11) is 0. The average Bonchev–Trinajstić information content (AvgIpc) is 2.42. The van der Waals surface area contributed by atoms with Gasteiger partial charge in [0.15, 0.2) is 5.92 Å². The van der Waals surface area contributed by atoms with E-state index in [0.29, 0.717) is 13.0 Å². The number of rotatable bonds is 7. The van der Waals surface area contributed by atoms with Crippen molar-refractivity contribution in [3.63, 3.8) is 0 Å². The highest BCUT2D eigenvalue weighted by atomic mass is 16.6. The molecular formula is C16H28O4. The molecule has 1 aliphatic carbocycles. The molecule has 20 heavy (non-hydrogen) atoms. The zero-order valence-electron chi connectivity index (χ0n) is 13.0. The molecule has 116 valence electrons. The zero-order valence-corrected chi connectivity index (χ0v) is 13.0. The van der Waals surface area contributed by atoms with Crippen molar-refractivity contribution in [2.24, 2.45) is 11.8 Å². The molecule has 1 unspecified atom stereocenters. The van der Waals surface area contributed by atoms with Crippen LogP contribution < -0.4 is 0 Å². The molecule has 0 heterocycles. The Labute approximate surface area is 122 Å². The number of esters is 2. The zero-order chi connectivity index (χ0) is 15.0. The van der Waals surface area contributed by atoms with Crippen LogP contribution in [0.2, 0.25) is 0 Å². The van der Waals surface area contributed by atoms with Crippen molar-refractivity contribution in [1.82, 2.24) is 0 Å². The first-order valence-electron chi connectivity index (χ1n) is 7.99. The van der Waals surface area contributed by atoms with Crippen LogP contribution in [-0.4, -0.2) is 24.6 Å². The van der Waals surface area contributed by atoms with Crippen molar-refractivity contribution in [3.05, 3.63) is 0 Å². The van der Waals surface area contributed by atoms with Gasteiger partial charge in [-0.2, -0.15) is 0 Å². The fourth-order valence-corrected chi connectivity index (χ4v) is 2.87. The van der Waals surface area contributed by atoms with Gasteiger partial charge in [-0.3, -0.25) is 9.59 Å². The maximum Gasteiger partial charge on any atom is 0.320 e. The van der Waals surface area contributed by atoms with E-state index >= 15 is 0 Å². The van der Waals surface area contributed by atoms with E-state index in [2.05, 4.69) is 6.92 Å². The third kappa shape index (κ3) is 5.14. The number of ether oxygens (including phenoxy) is 2. The first-order chi connectivity index (χ1) is 9.62. The monoisotopic (exact) mass is 284 g/mol. The standard InChI is InChI=1S/C16H28O4/c1-4-7-12-8-10-13(11-9-12)20-16(18)14(5-2)15(17)19-6-3/h12-14H,4-11H2,1-3H3. The number of hydrogen-bond donors (Lipinski definition) is 0. The van der Waals surface area contributed by atoms with Gasteiger partial charge in [0.05, 0.1) is 6.61 Å². The fraction of sp³-hybridized carbons (Fsp3) is 0.875. The smallest absolute Gasteiger partial charge is 0.320 e. The van der Waals surface area contributed by atoms with E-state index in [1.54, 1.807) is 13.8 Å². The maximum atomic E-state index is 12.0. The Kier molecular flexibility index (Phi) is 7.63. The minimum absolute atomic E-state index is 0.0147. The van der Waals surface area contributed by atoms with Crippen molar-refractivity contribution < 1.29 is 19.1 Å². The van der Waals surface area contributed by atoms with E-state index < -0.39 is 17.9 Å². The lowest BCUT2D eigenvalue weighted by atomic mass is 9.84. The fourth-order valence-electron chi connectivity index (χ4n) is 2.87. The third-order valence-corrected chi connectivity index (χ3v) is 4.04. The topological polar surface area (TPSA) is 52.6 Å². The Balaban J connectivity index is 2.40. The molecule has 1 saturated carbocycles. The molecule has 1 atom stereocenters. The van der Waals surface area contributed by atoms with Gasteiger partial charge in [0.1, 0.15) is 6.10 Å². The SMILES string of the molecule is CCCC1CCC(OC(=O)C(CC)C(=O)OCC)CC1. The lowest BCUT2D eigenvalue weighted by Crippen LogP contribution is -2.32. The van der Waals surface area contributed by atoms with Crippen LogP contribution in [0.1, 0.15) is 65.7 Å². The van der Waals surface area contributed by atoms with Crippen LogP contribution in [0, 0.1) is 11.8 Å². The van der Waals surface area contributed by atoms with Gasteiger partial charge >= 0.3 is 11.9 Å². The van der Waals surface area contributed by atoms with Crippen molar-refractivity contribution >= 4 is 11.9 Å². The number of carbonyl (C=O) groups excluding carboxylic acids is 2. The van der Waals surface area contributed by atoms with Gasteiger partial charge in [0.25, 0.3) is 0 Å². The van der Waals surface area contributed by atoms with Crippen molar-refractivity contribution in [3.8, 4) is 0 Å². The molecule has 1 rings (SSSR count). The molecule has 0 aromatic heterocycles. The van der Waals surface area contributed by atoms with Crippen LogP contribution in [0.3, 0.4) is 0 Å². The molecule has 0 N–H and O–H groups in total. The quantitative estimate of drug-likeness (QED) is 0.530. The molecule has 4 heteroatoms. The van der Waals surface area contributed by atoms with Gasteiger partial charge in [-0.1, -0.05) is 26.7 Å². The predicted molar refractivity (Wildman–Crippen MR) is 77.2 cm³/mol. The number of hydrogen-bond acceptors (Lipinski definition) is 4. The summed E-state index contributed by atoms with van der Waals surface area (Å²) < 4.78 is 10.4. The second kappa shape index (κ2) is 8.98. The summed E-state index contributed by atoms with van der Waals surface area (Å²) in [5.74, 6) is -0.852. The highest BCUT2D eigenvalue weighted by Crippen LogP contribution is 2.29. The van der Waals surface area contributed by atoms with Crippen LogP contribution in [0.5, 0.6) is 0 Å². The summed E-state index contributed by atoms with van der Waals surface area (Å²) in [6.45, 7) is 6.05. The lowest BCUT2D eigenvalue weighted by molar-refractivity contribution is -0.166. The molecule has 0 amide bonds. The van der Waals surface area contributed by atoms with Crippen LogP contribution >= 0.6 is 0 Å². The van der Waals surface area contributed by atoms with Gasteiger partial charge in [0, 0.05) is 0 Å². The average molecular weight is 284 g/mol. The Morgan fingerprint density at radius 3 is 2.20 bits per heavy atom. The normalized spacial score (nSPS) is 23.9. The summed E-state index contributed by atoms with van der Waals surface area (Å²) in [5.41, 5.74) is 0. The molecule has 0 spiro atoms. The van der Waals surface area contributed by atoms with E-state index in [0.717, 1.165) is 31.6 Å². The van der Waals surface area contributed by atoms with E-state index in [9.17, 15) is 9.59 Å². The molecule has 0 aliphatic heterocycles. The van der Waals surface area contributed by atoms with E-state index in [1.165, 1.54) is 12.8 Å². The summed E-state index contributed by atoms with van der Waals surface area (Å²) >= 11 is 0. The van der Waals surface area contributed by atoms with Crippen LogP contribution in [0.15, 0.2) is 0 Å². The highest BCUT2D eigenvalue weighted by Gasteiger charge is 2.31. The van der Waals surface area contributed by atoms with Gasteiger partial charge < -0.3 is 9.47 Å². The Morgan fingerprint density at radius 2 is 1.70 bits per heavy atom. The Bertz CT molecular complexity index is 306. The number of carbonyl (C=O) groups is 2. The predicted octanol–water partition coefficient (Wildman–Crippen LogP) is 3.48. The molecule has 4 nitrogen and oxygen atoms in total. The second-order valence-corrected chi connectivity index (χ2v) is 5.58. The van der Waals surface area contributed by atoms with Crippen LogP contribution in [0.4, 0.5) is 0 Å². The van der Waals surface area contributed by atoms with Crippen molar-refractivity contribution in [2.75, 3.05) is 6.61 Å². The first-order valence-corrected chi connectivity index (χ1v) is 7.99. The molecule has 0 aromatic carbocycles. The van der Waals surface area contributed by atoms with Crippen molar-refractivity contribution in [1.29, 1.82) is 0 Å². The van der Waals surface area contributed by atoms with Gasteiger partial charge in [-0.25, -0.2) is 0 Å². The Morgan fingerprint density at radius 1 is 1.05 bits per heavy atom. The van der Waals surface area contributed by atoms with Gasteiger partial charge in [-0.05, 0) is 44.9 Å². The lowest BCUT2D eigenvalue weighted by Gasteiger charge is -2.28. The highest BCUT2D eigenvalue weighted by molar-refractivity contribution is 5.94. The maximum absolute atomic E-state index is 12.0. The minimum Gasteiger partial charge on any atom is -0.465 e. The Hall–Kier alpha value is -1.06.